The second-order valence-corrected chi connectivity index (χ2v) is 5.23. The van der Waals surface area contributed by atoms with Crippen molar-refractivity contribution in [2.24, 2.45) is 5.92 Å². The van der Waals surface area contributed by atoms with Crippen molar-refractivity contribution in [2.45, 2.75) is 50.6 Å². The zero-order valence-corrected chi connectivity index (χ0v) is 9.97. The monoisotopic (exact) mass is 236 g/mol. The minimum atomic E-state index is 0.212. The van der Waals surface area contributed by atoms with E-state index >= 15 is 0 Å². The highest BCUT2D eigenvalue weighted by Crippen LogP contribution is 2.36. The number of hydrogen-bond acceptors (Lipinski definition) is 5. The highest BCUT2D eigenvalue weighted by Gasteiger charge is 2.34. The topological polar surface area (TPSA) is 94.8 Å². The number of aromatic nitrogens is 3. The third-order valence-corrected chi connectivity index (χ3v) is 4.21. The Bertz CT molecular complexity index is 401. The van der Waals surface area contributed by atoms with E-state index in [9.17, 15) is 0 Å². The third kappa shape index (κ3) is 1.86. The highest BCUT2D eigenvalue weighted by atomic mass is 15.5. The van der Waals surface area contributed by atoms with Gasteiger partial charge in [0.05, 0.1) is 6.04 Å². The lowest BCUT2D eigenvalue weighted by Crippen LogP contribution is -2.45. The number of piperidine rings is 1. The number of nitrogens with one attached hydrogen (secondary N) is 1. The maximum atomic E-state index is 5.83. The van der Waals surface area contributed by atoms with Crippen molar-refractivity contribution in [1.82, 2.24) is 20.2 Å². The number of anilines is 1. The molecule has 2 fully saturated rings. The maximum Gasteiger partial charge on any atom is 0.240 e. The van der Waals surface area contributed by atoms with Gasteiger partial charge >= 0.3 is 0 Å². The molecule has 0 spiro atoms. The average molecular weight is 236 g/mol. The smallest absolute Gasteiger partial charge is 0.240 e. The van der Waals surface area contributed by atoms with Gasteiger partial charge in [-0.1, -0.05) is 12.8 Å². The Labute approximate surface area is 101 Å². The second kappa shape index (κ2) is 4.18. The summed E-state index contributed by atoms with van der Waals surface area (Å²) in [5.41, 5.74) is 5.62. The van der Waals surface area contributed by atoms with E-state index in [0.29, 0.717) is 6.04 Å². The molecule has 1 aliphatic carbocycles. The standard InChI is InChI=1S/C11H20N6/c12-11-16-15-10(17(11)13)9-6-5-7-3-1-2-4-8(7)14-9/h7-9,14H,1-6,13H2,(H2,12,16). The Morgan fingerprint density at radius 1 is 1.12 bits per heavy atom. The molecule has 6 nitrogen and oxygen atoms in total. The molecular formula is C11H20N6. The summed E-state index contributed by atoms with van der Waals surface area (Å²) in [5.74, 6) is 7.72. The number of rotatable bonds is 1. The number of nitrogens with zero attached hydrogens (tertiary/aromatic N) is 3. The molecule has 0 bridgehead atoms. The van der Waals surface area contributed by atoms with Crippen molar-refractivity contribution in [2.75, 3.05) is 11.6 Å². The van der Waals surface area contributed by atoms with E-state index in [2.05, 4.69) is 15.5 Å². The maximum absolute atomic E-state index is 5.83. The molecule has 3 rings (SSSR count). The lowest BCUT2D eigenvalue weighted by molar-refractivity contribution is 0.172. The first kappa shape index (κ1) is 10.8. The van der Waals surface area contributed by atoms with Crippen LogP contribution in [0.3, 0.4) is 0 Å². The van der Waals surface area contributed by atoms with Crippen LogP contribution < -0.4 is 16.9 Å². The van der Waals surface area contributed by atoms with E-state index in [4.69, 9.17) is 11.6 Å². The molecule has 1 saturated carbocycles. The van der Waals surface area contributed by atoms with Gasteiger partial charge in [-0.05, 0) is 31.6 Å². The van der Waals surface area contributed by atoms with Crippen LogP contribution in [0.2, 0.25) is 0 Å². The van der Waals surface area contributed by atoms with E-state index in [0.717, 1.165) is 18.2 Å². The van der Waals surface area contributed by atoms with Gasteiger partial charge in [0, 0.05) is 6.04 Å². The van der Waals surface area contributed by atoms with Crippen molar-refractivity contribution in [1.29, 1.82) is 0 Å². The molecule has 3 atom stereocenters. The minimum absolute atomic E-state index is 0.212. The fourth-order valence-electron chi connectivity index (χ4n) is 3.25. The van der Waals surface area contributed by atoms with Gasteiger partial charge in [-0.2, -0.15) is 0 Å². The highest BCUT2D eigenvalue weighted by molar-refractivity contribution is 5.19. The summed E-state index contributed by atoms with van der Waals surface area (Å²) in [4.78, 5) is 0. The second-order valence-electron chi connectivity index (χ2n) is 5.23. The van der Waals surface area contributed by atoms with Crippen molar-refractivity contribution in [3.05, 3.63) is 5.82 Å². The van der Waals surface area contributed by atoms with Crippen molar-refractivity contribution in [3.63, 3.8) is 0 Å². The normalized spacial score (nSPS) is 33.3. The van der Waals surface area contributed by atoms with Gasteiger partial charge in [-0.15, -0.1) is 10.2 Å². The quantitative estimate of drug-likeness (QED) is 0.619. The molecule has 17 heavy (non-hydrogen) atoms. The zero-order valence-electron chi connectivity index (χ0n) is 9.97. The van der Waals surface area contributed by atoms with Crippen molar-refractivity contribution < 1.29 is 0 Å². The minimum Gasteiger partial charge on any atom is -0.366 e. The van der Waals surface area contributed by atoms with Crippen LogP contribution >= 0.6 is 0 Å². The predicted molar refractivity (Wildman–Crippen MR) is 65.4 cm³/mol. The van der Waals surface area contributed by atoms with E-state index in [1.807, 2.05) is 0 Å². The van der Waals surface area contributed by atoms with E-state index in [1.54, 1.807) is 0 Å². The lowest BCUT2D eigenvalue weighted by Gasteiger charge is -2.39. The first-order valence-corrected chi connectivity index (χ1v) is 6.47. The molecule has 94 valence electrons. The molecule has 2 aliphatic rings. The Morgan fingerprint density at radius 3 is 2.71 bits per heavy atom. The van der Waals surface area contributed by atoms with Crippen molar-refractivity contribution >= 4 is 5.95 Å². The first-order chi connectivity index (χ1) is 8.25. The third-order valence-electron chi connectivity index (χ3n) is 4.21. The van der Waals surface area contributed by atoms with Gasteiger partial charge in [0.25, 0.3) is 0 Å². The average Bonchev–Trinajstić information content (AvgIpc) is 2.70. The molecule has 2 heterocycles. The van der Waals surface area contributed by atoms with Gasteiger partial charge in [0.15, 0.2) is 5.82 Å². The predicted octanol–water partition coefficient (Wildman–Crippen LogP) is 0.557. The Kier molecular flexibility index (Phi) is 2.66. The summed E-state index contributed by atoms with van der Waals surface area (Å²) in [5, 5.41) is 11.6. The molecule has 1 aromatic heterocycles. The van der Waals surface area contributed by atoms with Crippen molar-refractivity contribution in [3.8, 4) is 0 Å². The van der Waals surface area contributed by atoms with Crippen LogP contribution in [0.4, 0.5) is 5.95 Å². The SMILES string of the molecule is Nc1nnc(C2CCC3CCCCC3N2)n1N. The molecule has 5 N–H and O–H groups in total. The summed E-state index contributed by atoms with van der Waals surface area (Å²) in [6.07, 6.45) is 7.69. The molecule has 1 aromatic rings. The summed E-state index contributed by atoms with van der Waals surface area (Å²) >= 11 is 0. The first-order valence-electron chi connectivity index (χ1n) is 6.47. The fraction of sp³-hybridized carbons (Fsp3) is 0.818. The molecule has 3 unspecified atom stereocenters. The Hall–Kier alpha value is -1.30. The van der Waals surface area contributed by atoms with E-state index < -0.39 is 0 Å². The Balaban J connectivity index is 1.75. The van der Waals surface area contributed by atoms with Crippen LogP contribution in [-0.2, 0) is 0 Å². The number of fused-ring (bicyclic) bond motifs is 1. The van der Waals surface area contributed by atoms with Crippen LogP contribution in [0.25, 0.3) is 0 Å². The van der Waals surface area contributed by atoms with Gasteiger partial charge in [-0.25, -0.2) is 4.68 Å². The molecule has 1 aliphatic heterocycles. The summed E-state index contributed by atoms with van der Waals surface area (Å²) in [6, 6.07) is 0.838. The molecular weight excluding hydrogens is 216 g/mol. The fourth-order valence-corrected chi connectivity index (χ4v) is 3.25. The van der Waals surface area contributed by atoms with Crippen LogP contribution in [-0.4, -0.2) is 20.9 Å². The van der Waals surface area contributed by atoms with Gasteiger partial charge in [0.2, 0.25) is 5.95 Å². The van der Waals surface area contributed by atoms with Crippen LogP contribution in [0.15, 0.2) is 0 Å². The van der Waals surface area contributed by atoms with Crippen LogP contribution in [0, 0.1) is 5.92 Å². The molecule has 0 amide bonds. The summed E-state index contributed by atoms with van der Waals surface area (Å²) < 4.78 is 1.40. The number of nitrogen functional groups attached to an aromatic ring is 2. The number of nitrogens with two attached hydrogens (primary N) is 2. The van der Waals surface area contributed by atoms with Crippen LogP contribution in [0.1, 0.15) is 50.4 Å². The lowest BCUT2D eigenvalue weighted by atomic mass is 9.77. The summed E-state index contributed by atoms with van der Waals surface area (Å²) in [6.45, 7) is 0. The van der Waals surface area contributed by atoms with Gasteiger partial charge in [-0.3, -0.25) is 0 Å². The Morgan fingerprint density at radius 2 is 1.94 bits per heavy atom. The largest absolute Gasteiger partial charge is 0.366 e. The molecule has 0 radical (unpaired) electrons. The van der Waals surface area contributed by atoms with Gasteiger partial charge in [0.1, 0.15) is 0 Å². The zero-order chi connectivity index (χ0) is 11.8. The molecule has 6 heteroatoms. The molecule has 0 aromatic carbocycles. The number of hydrogen-bond donors (Lipinski definition) is 3. The van der Waals surface area contributed by atoms with Crippen LogP contribution in [0.5, 0.6) is 0 Å². The summed E-state index contributed by atoms with van der Waals surface area (Å²) in [7, 11) is 0. The molecule has 1 saturated heterocycles. The van der Waals surface area contributed by atoms with E-state index in [-0.39, 0.29) is 12.0 Å². The van der Waals surface area contributed by atoms with Gasteiger partial charge < -0.3 is 16.9 Å². The van der Waals surface area contributed by atoms with E-state index in [1.165, 1.54) is 36.8 Å².